The number of anilines is 2. The Morgan fingerprint density at radius 2 is 1.75 bits per heavy atom. The lowest BCUT2D eigenvalue weighted by Crippen LogP contribution is -2.33. The van der Waals surface area contributed by atoms with E-state index in [-0.39, 0.29) is 23.7 Å². The molecule has 0 bridgehead atoms. The van der Waals surface area contributed by atoms with Gasteiger partial charge >= 0.3 is 0 Å². The van der Waals surface area contributed by atoms with E-state index in [2.05, 4.69) is 21.2 Å². The third-order valence-corrected chi connectivity index (χ3v) is 4.92. The summed E-state index contributed by atoms with van der Waals surface area (Å²) in [6, 6.07) is 17.0. The first-order chi connectivity index (χ1) is 11.6. The molecule has 3 rings (SSSR count). The summed E-state index contributed by atoms with van der Waals surface area (Å²) < 4.78 is 0.835. The molecule has 0 heterocycles. The van der Waals surface area contributed by atoms with Crippen LogP contribution in [0.5, 0.6) is 0 Å². The van der Waals surface area contributed by atoms with E-state index in [1.807, 2.05) is 61.5 Å². The molecule has 5 heteroatoms. The third kappa shape index (κ3) is 3.51. The van der Waals surface area contributed by atoms with Crippen LogP contribution in [-0.2, 0) is 9.59 Å². The molecule has 2 unspecified atom stereocenters. The highest BCUT2D eigenvalue weighted by molar-refractivity contribution is 9.10. The monoisotopic (exact) mass is 386 g/mol. The van der Waals surface area contributed by atoms with Gasteiger partial charge in [0.05, 0.1) is 17.5 Å². The van der Waals surface area contributed by atoms with E-state index < -0.39 is 0 Å². The number of benzene rings is 2. The van der Waals surface area contributed by atoms with Gasteiger partial charge < -0.3 is 10.2 Å². The van der Waals surface area contributed by atoms with E-state index >= 15 is 0 Å². The zero-order valence-electron chi connectivity index (χ0n) is 13.4. The minimum absolute atomic E-state index is 0.0241. The fourth-order valence-corrected chi connectivity index (χ4v) is 3.20. The van der Waals surface area contributed by atoms with Crippen molar-refractivity contribution in [3.05, 3.63) is 59.1 Å². The van der Waals surface area contributed by atoms with Gasteiger partial charge in [-0.15, -0.1) is 0 Å². The number of halogens is 1. The van der Waals surface area contributed by atoms with Crippen LogP contribution in [0, 0.1) is 11.8 Å². The molecule has 124 valence electrons. The number of nitrogens with one attached hydrogen (secondary N) is 1. The Morgan fingerprint density at radius 3 is 2.42 bits per heavy atom. The number of carbonyl (C=O) groups excluding carboxylic acids is 2. The SMILES string of the molecule is CCN(C(=O)C1CC1C(=O)Nc1ccccc1Br)c1ccccc1. The van der Waals surface area contributed by atoms with Crippen molar-refractivity contribution >= 4 is 39.1 Å². The summed E-state index contributed by atoms with van der Waals surface area (Å²) in [5.74, 6) is -0.546. The van der Waals surface area contributed by atoms with Crippen LogP contribution in [0.2, 0.25) is 0 Å². The Bertz CT molecular complexity index is 748. The summed E-state index contributed by atoms with van der Waals surface area (Å²) in [5.41, 5.74) is 1.61. The molecule has 0 aliphatic heterocycles. The summed E-state index contributed by atoms with van der Waals surface area (Å²) in [7, 11) is 0. The Morgan fingerprint density at radius 1 is 1.08 bits per heavy atom. The van der Waals surface area contributed by atoms with Crippen LogP contribution < -0.4 is 10.2 Å². The van der Waals surface area contributed by atoms with Gasteiger partial charge in [-0.2, -0.15) is 0 Å². The predicted octanol–water partition coefficient (Wildman–Crippen LogP) is 4.08. The summed E-state index contributed by atoms with van der Waals surface area (Å²) in [6.45, 7) is 2.54. The molecule has 1 fully saturated rings. The lowest BCUT2D eigenvalue weighted by molar-refractivity contribution is -0.123. The fourth-order valence-electron chi connectivity index (χ4n) is 2.82. The molecule has 1 aliphatic carbocycles. The van der Waals surface area contributed by atoms with Crippen molar-refractivity contribution in [1.82, 2.24) is 0 Å². The summed E-state index contributed by atoms with van der Waals surface area (Å²) >= 11 is 3.41. The topological polar surface area (TPSA) is 49.4 Å². The van der Waals surface area contributed by atoms with Crippen molar-refractivity contribution in [3.8, 4) is 0 Å². The first-order valence-electron chi connectivity index (χ1n) is 8.03. The number of hydrogen-bond donors (Lipinski definition) is 1. The smallest absolute Gasteiger partial charge is 0.230 e. The average molecular weight is 387 g/mol. The molecule has 2 atom stereocenters. The van der Waals surface area contributed by atoms with E-state index in [1.165, 1.54) is 0 Å². The highest BCUT2D eigenvalue weighted by atomic mass is 79.9. The highest BCUT2D eigenvalue weighted by Crippen LogP contribution is 2.42. The van der Waals surface area contributed by atoms with Gasteiger partial charge in [0.1, 0.15) is 0 Å². The first kappa shape index (κ1) is 16.7. The van der Waals surface area contributed by atoms with Crippen molar-refractivity contribution in [1.29, 1.82) is 0 Å². The van der Waals surface area contributed by atoms with E-state index in [9.17, 15) is 9.59 Å². The van der Waals surface area contributed by atoms with Crippen LogP contribution in [0.3, 0.4) is 0 Å². The molecule has 4 nitrogen and oxygen atoms in total. The van der Waals surface area contributed by atoms with E-state index in [0.717, 1.165) is 15.8 Å². The van der Waals surface area contributed by atoms with Gasteiger partial charge in [-0.05, 0) is 53.5 Å². The predicted molar refractivity (Wildman–Crippen MR) is 98.8 cm³/mol. The average Bonchev–Trinajstić information content (AvgIpc) is 3.39. The van der Waals surface area contributed by atoms with E-state index in [4.69, 9.17) is 0 Å². The number of rotatable bonds is 5. The van der Waals surface area contributed by atoms with Crippen LogP contribution in [0.15, 0.2) is 59.1 Å². The van der Waals surface area contributed by atoms with Gasteiger partial charge in [-0.3, -0.25) is 9.59 Å². The van der Waals surface area contributed by atoms with Crippen LogP contribution in [-0.4, -0.2) is 18.4 Å². The largest absolute Gasteiger partial charge is 0.325 e. The van der Waals surface area contributed by atoms with Crippen molar-refractivity contribution in [3.63, 3.8) is 0 Å². The zero-order chi connectivity index (χ0) is 17.1. The maximum Gasteiger partial charge on any atom is 0.230 e. The van der Waals surface area contributed by atoms with E-state index in [0.29, 0.717) is 13.0 Å². The minimum Gasteiger partial charge on any atom is -0.325 e. The second-order valence-electron chi connectivity index (χ2n) is 5.84. The standard InChI is InChI=1S/C19H19BrN2O2/c1-2-22(13-8-4-3-5-9-13)19(24)15-12-14(15)18(23)21-17-11-7-6-10-16(17)20/h3-11,14-15H,2,12H2,1H3,(H,21,23). The van der Waals surface area contributed by atoms with Gasteiger partial charge in [0, 0.05) is 16.7 Å². The molecule has 2 aromatic carbocycles. The Labute approximate surface area is 150 Å². The Balaban J connectivity index is 1.65. The van der Waals surface area contributed by atoms with Gasteiger partial charge in [-0.1, -0.05) is 30.3 Å². The number of hydrogen-bond acceptors (Lipinski definition) is 2. The molecule has 0 saturated heterocycles. The molecule has 0 radical (unpaired) electrons. The van der Waals surface area contributed by atoms with Gasteiger partial charge in [0.2, 0.25) is 11.8 Å². The van der Waals surface area contributed by atoms with Crippen molar-refractivity contribution in [2.45, 2.75) is 13.3 Å². The lowest BCUT2D eigenvalue weighted by Gasteiger charge is -2.21. The molecule has 1 aliphatic rings. The van der Waals surface area contributed by atoms with Crippen molar-refractivity contribution < 1.29 is 9.59 Å². The summed E-state index contributed by atoms with van der Waals surface area (Å²) in [6.07, 6.45) is 0.610. The minimum atomic E-state index is -0.248. The maximum atomic E-state index is 12.7. The second-order valence-corrected chi connectivity index (χ2v) is 6.69. The second kappa shape index (κ2) is 7.18. The van der Waals surface area contributed by atoms with Crippen molar-refractivity contribution in [2.24, 2.45) is 11.8 Å². The normalized spacial score (nSPS) is 18.8. The maximum absolute atomic E-state index is 12.7. The molecule has 1 N–H and O–H groups in total. The molecule has 0 spiro atoms. The van der Waals surface area contributed by atoms with Crippen LogP contribution in [0.1, 0.15) is 13.3 Å². The molecule has 2 amide bonds. The summed E-state index contributed by atoms with van der Waals surface area (Å²) in [5, 5.41) is 2.90. The molecular formula is C19H19BrN2O2. The molecule has 0 aromatic heterocycles. The lowest BCUT2D eigenvalue weighted by atomic mass is 10.2. The fraction of sp³-hybridized carbons (Fsp3) is 0.263. The first-order valence-corrected chi connectivity index (χ1v) is 8.83. The number of nitrogens with zero attached hydrogens (tertiary/aromatic N) is 1. The van der Waals surface area contributed by atoms with Crippen LogP contribution in [0.4, 0.5) is 11.4 Å². The Hall–Kier alpha value is -2.14. The summed E-state index contributed by atoms with van der Waals surface area (Å²) in [4.78, 5) is 26.8. The third-order valence-electron chi connectivity index (χ3n) is 4.23. The van der Waals surface area contributed by atoms with Gasteiger partial charge in [-0.25, -0.2) is 0 Å². The quantitative estimate of drug-likeness (QED) is 0.841. The van der Waals surface area contributed by atoms with E-state index in [1.54, 1.807) is 4.90 Å². The molecular weight excluding hydrogens is 368 g/mol. The highest BCUT2D eigenvalue weighted by Gasteiger charge is 2.49. The molecule has 24 heavy (non-hydrogen) atoms. The zero-order valence-corrected chi connectivity index (χ0v) is 15.0. The number of para-hydroxylation sites is 2. The van der Waals surface area contributed by atoms with Crippen LogP contribution >= 0.6 is 15.9 Å². The molecule has 1 saturated carbocycles. The van der Waals surface area contributed by atoms with Crippen molar-refractivity contribution in [2.75, 3.05) is 16.8 Å². The van der Waals surface area contributed by atoms with Gasteiger partial charge in [0.25, 0.3) is 0 Å². The number of carbonyl (C=O) groups is 2. The van der Waals surface area contributed by atoms with Crippen LogP contribution in [0.25, 0.3) is 0 Å². The number of amides is 2. The molecule has 2 aromatic rings. The van der Waals surface area contributed by atoms with Gasteiger partial charge in [0.15, 0.2) is 0 Å². The Kier molecular flexibility index (Phi) is 5.00.